The molecule has 0 aromatic heterocycles. The first-order valence-corrected chi connectivity index (χ1v) is 15.0. The number of piperazine rings is 1. The van der Waals surface area contributed by atoms with Crippen LogP contribution in [0.5, 0.6) is 0 Å². The van der Waals surface area contributed by atoms with Gasteiger partial charge < -0.3 is 39.7 Å². The monoisotopic (exact) mass is 615 g/mol. The second kappa shape index (κ2) is 15.7. The topological polar surface area (TPSA) is 109 Å². The molecule has 3 unspecified atom stereocenters. The third kappa shape index (κ3) is 9.53. The zero-order chi connectivity index (χ0) is 30.1. The summed E-state index contributed by atoms with van der Waals surface area (Å²) in [6, 6.07) is 11.8. The van der Waals surface area contributed by atoms with Gasteiger partial charge in [0.1, 0.15) is 12.2 Å². The first-order chi connectivity index (χ1) is 20.1. The highest BCUT2D eigenvalue weighted by molar-refractivity contribution is 7.99. The Morgan fingerprint density at radius 3 is 2.07 bits per heavy atom. The number of nitrogens with zero attached hydrogens (tertiary/aromatic N) is 3. The molecule has 234 valence electrons. The minimum absolute atomic E-state index is 0.0117. The molecule has 2 aliphatic rings. The van der Waals surface area contributed by atoms with Crippen molar-refractivity contribution < 1.29 is 43.1 Å². The van der Waals surface area contributed by atoms with Crippen LogP contribution in [-0.4, -0.2) is 127 Å². The number of hydrogen-bond acceptors (Lipinski definition) is 10. The van der Waals surface area contributed by atoms with Gasteiger partial charge >= 0.3 is 6.18 Å². The largest absolute Gasteiger partial charge is 0.416 e. The summed E-state index contributed by atoms with van der Waals surface area (Å²) in [7, 11) is 0. The Morgan fingerprint density at radius 1 is 0.762 bits per heavy atom. The third-order valence-electron chi connectivity index (χ3n) is 7.19. The van der Waals surface area contributed by atoms with E-state index in [-0.39, 0.29) is 26.4 Å². The molecule has 13 heteroatoms. The van der Waals surface area contributed by atoms with E-state index in [1.54, 1.807) is 6.07 Å². The van der Waals surface area contributed by atoms with Crippen LogP contribution in [0.3, 0.4) is 0 Å². The SMILES string of the molecule is OCC(O)COCC(O)COCC(O)CN1CCN(CCCN2c3ccccc3Sc3ccc(C(F)(F)F)cc32)CC1. The Labute approximate surface area is 248 Å². The van der Waals surface area contributed by atoms with E-state index in [9.17, 15) is 28.5 Å². The van der Waals surface area contributed by atoms with Crippen molar-refractivity contribution in [2.24, 2.45) is 0 Å². The third-order valence-corrected chi connectivity index (χ3v) is 8.32. The van der Waals surface area contributed by atoms with Gasteiger partial charge in [-0.15, -0.1) is 0 Å². The predicted molar refractivity (Wildman–Crippen MR) is 153 cm³/mol. The van der Waals surface area contributed by atoms with Crippen molar-refractivity contribution >= 4 is 23.1 Å². The van der Waals surface area contributed by atoms with Gasteiger partial charge in [0.2, 0.25) is 0 Å². The fourth-order valence-electron chi connectivity index (χ4n) is 5.03. The molecule has 3 atom stereocenters. The van der Waals surface area contributed by atoms with Crippen LogP contribution in [0, 0.1) is 0 Å². The van der Waals surface area contributed by atoms with Crippen molar-refractivity contribution in [1.29, 1.82) is 0 Å². The molecule has 42 heavy (non-hydrogen) atoms. The average molecular weight is 616 g/mol. The van der Waals surface area contributed by atoms with E-state index >= 15 is 0 Å². The second-order valence-corrected chi connectivity index (χ2v) is 11.7. The molecule has 0 amide bonds. The fraction of sp³-hybridized carbons (Fsp3) is 0.586. The number of fused-ring (bicyclic) bond motifs is 2. The molecule has 1 saturated heterocycles. The molecule has 0 bridgehead atoms. The van der Waals surface area contributed by atoms with Crippen LogP contribution in [0.15, 0.2) is 52.3 Å². The number of aliphatic hydroxyl groups excluding tert-OH is 4. The standard InChI is InChI=1S/C29H40F3N3O6S/c30-29(31,32)21-6-7-28-26(14-21)35(25-4-1-2-5-27(25)42-28)9-3-8-33-10-12-34(13-11-33)15-22(37)17-40-19-24(39)20-41-18-23(38)16-36/h1-2,4-7,14,22-24,36-39H,3,8-13,15-20H2. The molecule has 1 fully saturated rings. The summed E-state index contributed by atoms with van der Waals surface area (Å²) in [5, 5.41) is 38.2. The molecule has 2 aromatic rings. The lowest BCUT2D eigenvalue weighted by Gasteiger charge is -2.37. The van der Waals surface area contributed by atoms with Crippen LogP contribution in [0.4, 0.5) is 24.5 Å². The van der Waals surface area contributed by atoms with Gasteiger partial charge in [0, 0.05) is 49.1 Å². The van der Waals surface area contributed by atoms with Crippen molar-refractivity contribution in [3.63, 3.8) is 0 Å². The number of aliphatic hydroxyl groups is 4. The zero-order valence-corrected chi connectivity index (χ0v) is 24.3. The molecule has 0 aliphatic carbocycles. The maximum Gasteiger partial charge on any atom is 0.416 e. The average Bonchev–Trinajstić information content (AvgIpc) is 2.96. The number of hydrogen-bond donors (Lipinski definition) is 4. The van der Waals surface area contributed by atoms with E-state index in [1.165, 1.54) is 17.8 Å². The highest BCUT2D eigenvalue weighted by Crippen LogP contribution is 2.49. The van der Waals surface area contributed by atoms with Crippen LogP contribution in [0.25, 0.3) is 0 Å². The summed E-state index contributed by atoms with van der Waals surface area (Å²) in [5.74, 6) is 0. The lowest BCUT2D eigenvalue weighted by atomic mass is 10.1. The normalized spacial score (nSPS) is 18.4. The zero-order valence-electron chi connectivity index (χ0n) is 23.5. The Balaban J connectivity index is 1.18. The van der Waals surface area contributed by atoms with E-state index in [2.05, 4.69) is 9.80 Å². The minimum Gasteiger partial charge on any atom is -0.394 e. The molecule has 2 heterocycles. The van der Waals surface area contributed by atoms with E-state index in [0.717, 1.165) is 60.7 Å². The van der Waals surface area contributed by atoms with Crippen LogP contribution < -0.4 is 4.90 Å². The summed E-state index contributed by atoms with van der Waals surface area (Å²) in [6.45, 7) is 4.60. The number of ether oxygens (including phenoxy) is 2. The van der Waals surface area contributed by atoms with Gasteiger partial charge in [0.25, 0.3) is 0 Å². The van der Waals surface area contributed by atoms with Gasteiger partial charge in [-0.2, -0.15) is 13.2 Å². The summed E-state index contributed by atoms with van der Waals surface area (Å²) in [6.07, 6.45) is -6.21. The van der Waals surface area contributed by atoms with Gasteiger partial charge in [-0.3, -0.25) is 4.90 Å². The number of anilines is 2. The molecule has 4 N–H and O–H groups in total. The molecule has 4 rings (SSSR count). The van der Waals surface area contributed by atoms with Gasteiger partial charge in [-0.1, -0.05) is 23.9 Å². The molecular weight excluding hydrogens is 575 g/mol. The van der Waals surface area contributed by atoms with Crippen molar-refractivity contribution in [1.82, 2.24) is 9.80 Å². The van der Waals surface area contributed by atoms with E-state index in [4.69, 9.17) is 14.6 Å². The van der Waals surface area contributed by atoms with Crippen LogP contribution in [-0.2, 0) is 15.7 Å². The van der Waals surface area contributed by atoms with Gasteiger partial charge in [-0.05, 0) is 43.3 Å². The summed E-state index contributed by atoms with van der Waals surface area (Å²) in [4.78, 5) is 8.35. The van der Waals surface area contributed by atoms with E-state index in [1.807, 2.05) is 29.2 Å². The lowest BCUT2D eigenvalue weighted by molar-refractivity contribution is -0.137. The molecular formula is C29H40F3N3O6S. The van der Waals surface area contributed by atoms with E-state index < -0.39 is 36.7 Å². The Bertz CT molecular complexity index is 1120. The quantitative estimate of drug-likeness (QED) is 0.239. The number of alkyl halides is 3. The minimum atomic E-state index is -4.40. The Hall–Kier alpha value is -1.94. The van der Waals surface area contributed by atoms with Crippen molar-refractivity contribution in [3.8, 4) is 0 Å². The summed E-state index contributed by atoms with van der Waals surface area (Å²) >= 11 is 1.49. The van der Waals surface area contributed by atoms with Crippen molar-refractivity contribution in [2.75, 3.05) is 83.7 Å². The molecule has 9 nitrogen and oxygen atoms in total. The maximum atomic E-state index is 13.5. The van der Waals surface area contributed by atoms with Crippen LogP contribution >= 0.6 is 11.8 Å². The summed E-state index contributed by atoms with van der Waals surface area (Å²) in [5.41, 5.74) is 0.876. The highest BCUT2D eigenvalue weighted by atomic mass is 32.2. The summed E-state index contributed by atoms with van der Waals surface area (Å²) < 4.78 is 50.9. The maximum absolute atomic E-state index is 13.5. The smallest absolute Gasteiger partial charge is 0.394 e. The van der Waals surface area contributed by atoms with Gasteiger partial charge in [0.15, 0.2) is 0 Å². The van der Waals surface area contributed by atoms with Gasteiger partial charge in [-0.25, -0.2) is 0 Å². The first kappa shape index (κ1) is 33.0. The fourth-order valence-corrected chi connectivity index (χ4v) is 6.10. The van der Waals surface area contributed by atoms with Crippen molar-refractivity contribution in [3.05, 3.63) is 48.0 Å². The molecule has 0 radical (unpaired) electrons. The number of halogens is 3. The number of rotatable bonds is 15. The number of para-hydroxylation sites is 1. The number of benzene rings is 2. The predicted octanol–water partition coefficient (Wildman–Crippen LogP) is 2.42. The van der Waals surface area contributed by atoms with Crippen molar-refractivity contribution in [2.45, 2.75) is 40.7 Å². The van der Waals surface area contributed by atoms with Crippen LogP contribution in [0.1, 0.15) is 12.0 Å². The number of β-amino-alcohol motifs (C(OH)–C–C–N with tert-alkyl or cyclic N) is 1. The molecule has 2 aromatic carbocycles. The Kier molecular flexibility index (Phi) is 12.3. The first-order valence-electron chi connectivity index (χ1n) is 14.1. The van der Waals surface area contributed by atoms with Crippen LogP contribution in [0.2, 0.25) is 0 Å². The second-order valence-electron chi connectivity index (χ2n) is 10.6. The molecule has 0 spiro atoms. The Morgan fingerprint density at radius 2 is 1.38 bits per heavy atom. The molecule has 0 saturated carbocycles. The lowest BCUT2D eigenvalue weighted by Crippen LogP contribution is -2.49. The highest BCUT2D eigenvalue weighted by Gasteiger charge is 2.33. The molecule has 2 aliphatic heterocycles. The van der Waals surface area contributed by atoms with E-state index in [0.29, 0.717) is 18.8 Å². The van der Waals surface area contributed by atoms with Gasteiger partial charge in [0.05, 0.1) is 56.1 Å².